The summed E-state index contributed by atoms with van der Waals surface area (Å²) in [6.45, 7) is 0.849. The number of aliphatic hydroxyl groups excluding tert-OH is 1. The number of nitrogens with one attached hydrogen (secondary N) is 2. The molecule has 0 aromatic heterocycles. The minimum atomic E-state index is -4.39. The summed E-state index contributed by atoms with van der Waals surface area (Å²) in [5.74, 6) is 0. The van der Waals surface area contributed by atoms with Crippen LogP contribution in [0.5, 0.6) is 0 Å². The van der Waals surface area contributed by atoms with Crippen LogP contribution in [0.3, 0.4) is 0 Å². The van der Waals surface area contributed by atoms with Gasteiger partial charge in [0.05, 0.1) is 11.7 Å². The molecule has 0 heterocycles. The van der Waals surface area contributed by atoms with Crippen molar-refractivity contribution in [2.45, 2.75) is 12.3 Å². The zero-order valence-electron chi connectivity index (χ0n) is 10.6. The molecule has 0 saturated heterocycles. The number of amides is 2. The first-order valence-corrected chi connectivity index (χ1v) is 5.90. The van der Waals surface area contributed by atoms with Crippen molar-refractivity contribution in [2.75, 3.05) is 19.6 Å². The summed E-state index contributed by atoms with van der Waals surface area (Å²) < 4.78 is 37.1. The number of carbonyl (C=O) groups excluding carboxylic acids is 1. The van der Waals surface area contributed by atoms with Gasteiger partial charge >= 0.3 is 12.2 Å². The number of halogens is 3. The predicted octanol–water partition coefficient (Wildman–Crippen LogP) is 0.997. The van der Waals surface area contributed by atoms with E-state index < -0.39 is 23.9 Å². The fourth-order valence-corrected chi connectivity index (χ4v) is 1.52. The molecule has 1 unspecified atom stereocenters. The highest BCUT2D eigenvalue weighted by Crippen LogP contribution is 2.29. The second-order valence-electron chi connectivity index (χ2n) is 4.13. The molecule has 0 aliphatic rings. The highest BCUT2D eigenvalue weighted by Gasteiger charge is 2.30. The summed E-state index contributed by atoms with van der Waals surface area (Å²) >= 11 is 0. The molecule has 1 rings (SSSR count). The van der Waals surface area contributed by atoms with Crippen molar-refractivity contribution in [3.63, 3.8) is 0 Å². The van der Waals surface area contributed by atoms with Gasteiger partial charge in [-0.1, -0.05) is 12.1 Å². The van der Waals surface area contributed by atoms with Gasteiger partial charge in [-0.2, -0.15) is 13.2 Å². The second kappa shape index (κ2) is 7.11. The van der Waals surface area contributed by atoms with Gasteiger partial charge in [0.2, 0.25) is 0 Å². The molecule has 112 valence electrons. The van der Waals surface area contributed by atoms with Gasteiger partial charge in [0.1, 0.15) is 0 Å². The summed E-state index contributed by atoms with van der Waals surface area (Å²) in [5.41, 5.74) is 4.48. The van der Waals surface area contributed by atoms with Crippen LogP contribution in [0.25, 0.3) is 0 Å². The van der Waals surface area contributed by atoms with E-state index in [-0.39, 0.29) is 6.54 Å². The van der Waals surface area contributed by atoms with E-state index in [2.05, 4.69) is 10.6 Å². The van der Waals surface area contributed by atoms with Gasteiger partial charge in [0.15, 0.2) is 0 Å². The largest absolute Gasteiger partial charge is 0.416 e. The predicted molar refractivity (Wildman–Crippen MR) is 66.9 cm³/mol. The SMILES string of the molecule is NC(=O)NCCNCC(O)c1ccc(C(F)(F)F)cc1. The fourth-order valence-electron chi connectivity index (χ4n) is 1.52. The van der Waals surface area contributed by atoms with E-state index in [1.165, 1.54) is 12.1 Å². The molecule has 8 heteroatoms. The Hall–Kier alpha value is -1.80. The topological polar surface area (TPSA) is 87.4 Å². The maximum Gasteiger partial charge on any atom is 0.416 e. The van der Waals surface area contributed by atoms with Crippen molar-refractivity contribution in [1.29, 1.82) is 0 Å². The van der Waals surface area contributed by atoms with Gasteiger partial charge in [-0.25, -0.2) is 4.79 Å². The fraction of sp³-hybridized carbons (Fsp3) is 0.417. The van der Waals surface area contributed by atoms with Crippen LogP contribution in [0.1, 0.15) is 17.2 Å². The van der Waals surface area contributed by atoms with Crippen molar-refractivity contribution >= 4 is 6.03 Å². The number of hydrogen-bond acceptors (Lipinski definition) is 3. The number of hydrogen-bond donors (Lipinski definition) is 4. The minimum absolute atomic E-state index is 0.159. The third-order valence-corrected chi connectivity index (χ3v) is 2.56. The van der Waals surface area contributed by atoms with Crippen molar-refractivity contribution in [1.82, 2.24) is 10.6 Å². The van der Waals surface area contributed by atoms with Crippen LogP contribution in [0, 0.1) is 0 Å². The molecule has 5 N–H and O–H groups in total. The molecule has 0 spiro atoms. The highest BCUT2D eigenvalue weighted by molar-refractivity contribution is 5.71. The molecular formula is C12H16F3N3O2. The summed E-state index contributed by atoms with van der Waals surface area (Å²) in [4.78, 5) is 10.4. The van der Waals surface area contributed by atoms with Gasteiger partial charge in [-0.15, -0.1) is 0 Å². The number of aliphatic hydroxyl groups is 1. The lowest BCUT2D eigenvalue weighted by molar-refractivity contribution is -0.137. The van der Waals surface area contributed by atoms with E-state index in [9.17, 15) is 23.1 Å². The van der Waals surface area contributed by atoms with Gasteiger partial charge in [0.25, 0.3) is 0 Å². The normalized spacial score (nSPS) is 13.0. The Morgan fingerprint density at radius 3 is 2.35 bits per heavy atom. The summed E-state index contributed by atoms with van der Waals surface area (Å²) in [6, 6.07) is 3.67. The molecule has 20 heavy (non-hydrogen) atoms. The Kier molecular flexibility index (Phi) is 5.78. The maximum atomic E-state index is 12.4. The number of primary amides is 1. The van der Waals surface area contributed by atoms with Crippen LogP contribution >= 0.6 is 0 Å². The Morgan fingerprint density at radius 1 is 1.25 bits per heavy atom. The van der Waals surface area contributed by atoms with Crippen LogP contribution in [-0.2, 0) is 6.18 Å². The molecule has 5 nitrogen and oxygen atoms in total. The molecule has 1 atom stereocenters. The Labute approximate surface area is 114 Å². The third kappa shape index (κ3) is 5.45. The Morgan fingerprint density at radius 2 is 1.85 bits per heavy atom. The van der Waals surface area contributed by atoms with Gasteiger partial charge in [-0.05, 0) is 17.7 Å². The first kappa shape index (κ1) is 16.3. The smallest absolute Gasteiger partial charge is 0.387 e. The highest BCUT2D eigenvalue weighted by atomic mass is 19.4. The zero-order chi connectivity index (χ0) is 15.2. The van der Waals surface area contributed by atoms with Crippen LogP contribution in [0.4, 0.5) is 18.0 Å². The molecule has 0 aliphatic heterocycles. The molecular weight excluding hydrogens is 275 g/mol. The summed E-state index contributed by atoms with van der Waals surface area (Å²) in [7, 11) is 0. The van der Waals surface area contributed by atoms with Crippen molar-refractivity contribution < 1.29 is 23.1 Å². The molecule has 0 saturated carbocycles. The first-order valence-electron chi connectivity index (χ1n) is 5.90. The zero-order valence-corrected chi connectivity index (χ0v) is 10.6. The Bertz CT molecular complexity index is 435. The molecule has 2 amide bonds. The van der Waals surface area contributed by atoms with E-state index in [1.807, 2.05) is 0 Å². The monoisotopic (exact) mass is 291 g/mol. The van der Waals surface area contributed by atoms with Crippen LogP contribution in [-0.4, -0.2) is 30.8 Å². The van der Waals surface area contributed by atoms with Crippen LogP contribution in [0.2, 0.25) is 0 Å². The molecule has 0 radical (unpaired) electrons. The number of carbonyl (C=O) groups is 1. The third-order valence-electron chi connectivity index (χ3n) is 2.56. The van der Waals surface area contributed by atoms with Crippen molar-refractivity contribution in [2.24, 2.45) is 5.73 Å². The number of alkyl halides is 3. The lowest BCUT2D eigenvalue weighted by Gasteiger charge is -2.13. The number of rotatable bonds is 6. The average Bonchev–Trinajstić information content (AvgIpc) is 2.37. The van der Waals surface area contributed by atoms with Gasteiger partial charge in [-0.3, -0.25) is 0 Å². The molecule has 0 bridgehead atoms. The molecule has 0 aliphatic carbocycles. The standard InChI is InChI=1S/C12H16F3N3O2/c13-12(14,15)9-3-1-8(2-4-9)10(19)7-17-5-6-18-11(16)20/h1-4,10,17,19H,5-7H2,(H3,16,18,20). The lowest BCUT2D eigenvalue weighted by Crippen LogP contribution is -2.36. The van der Waals surface area contributed by atoms with E-state index in [1.54, 1.807) is 0 Å². The lowest BCUT2D eigenvalue weighted by atomic mass is 10.1. The van der Waals surface area contributed by atoms with E-state index in [4.69, 9.17) is 5.73 Å². The van der Waals surface area contributed by atoms with Crippen LogP contribution in [0.15, 0.2) is 24.3 Å². The van der Waals surface area contributed by atoms with Gasteiger partial charge in [0, 0.05) is 19.6 Å². The maximum absolute atomic E-state index is 12.4. The number of nitrogens with two attached hydrogens (primary N) is 1. The molecule has 0 fully saturated rings. The van der Waals surface area contributed by atoms with Gasteiger partial charge < -0.3 is 21.5 Å². The number of urea groups is 1. The first-order chi connectivity index (χ1) is 9.30. The Balaban J connectivity index is 2.40. The quantitative estimate of drug-likeness (QED) is 0.590. The van der Waals surface area contributed by atoms with E-state index in [0.29, 0.717) is 18.7 Å². The second-order valence-corrected chi connectivity index (χ2v) is 4.13. The van der Waals surface area contributed by atoms with Crippen molar-refractivity contribution in [3.05, 3.63) is 35.4 Å². The van der Waals surface area contributed by atoms with E-state index >= 15 is 0 Å². The summed E-state index contributed by atoms with van der Waals surface area (Å²) in [5, 5.41) is 15.0. The number of benzene rings is 1. The minimum Gasteiger partial charge on any atom is -0.387 e. The van der Waals surface area contributed by atoms with E-state index in [0.717, 1.165) is 12.1 Å². The van der Waals surface area contributed by atoms with Crippen LogP contribution < -0.4 is 16.4 Å². The molecule has 1 aromatic carbocycles. The molecule has 1 aromatic rings. The average molecular weight is 291 g/mol. The summed E-state index contributed by atoms with van der Waals surface area (Å²) in [6.07, 6.45) is -5.31. The van der Waals surface area contributed by atoms with Crippen molar-refractivity contribution in [3.8, 4) is 0 Å².